The molecule has 0 aliphatic heterocycles. The molecule has 0 aromatic heterocycles. The molecule has 0 rings (SSSR count). The van der Waals surface area contributed by atoms with Gasteiger partial charge in [-0.2, -0.15) is 0 Å². The van der Waals surface area contributed by atoms with E-state index in [1.54, 1.807) is 0 Å². The molecule has 10 heavy (non-hydrogen) atoms. The first-order valence-corrected chi connectivity index (χ1v) is 3.46. The van der Waals surface area contributed by atoms with Crippen LogP contribution >= 0.6 is 0 Å². The highest BCUT2D eigenvalue weighted by Crippen LogP contribution is 1.81. The fourth-order valence-electron chi connectivity index (χ4n) is 0. The monoisotopic (exact) mass is 148 g/mol. The summed E-state index contributed by atoms with van der Waals surface area (Å²) in [6.45, 7) is 13.0. The van der Waals surface area contributed by atoms with Crippen LogP contribution in [0.2, 0.25) is 0 Å². The van der Waals surface area contributed by atoms with Crippen molar-refractivity contribution in [2.24, 2.45) is 11.8 Å². The van der Waals surface area contributed by atoms with Gasteiger partial charge in [0, 0.05) is 0 Å². The summed E-state index contributed by atoms with van der Waals surface area (Å²) in [4.78, 5) is 0. The highest BCUT2D eigenvalue weighted by molar-refractivity contribution is 4.21. The van der Waals surface area contributed by atoms with Gasteiger partial charge in [-0.05, 0) is 11.8 Å². The molecule has 68 valence electrons. The van der Waals surface area contributed by atoms with Gasteiger partial charge < -0.3 is 0 Å². The standard InChI is InChI=1S/2C4H10.2CH4/c2*1-4(2)3;;/h2*4H,1-3H3;2*1H4. The quantitative estimate of drug-likeness (QED) is 0.471. The number of rotatable bonds is 0. The molecule has 0 saturated carbocycles. The highest BCUT2D eigenvalue weighted by Gasteiger charge is 1.68. The normalized spacial score (nSPS) is 7.20. The van der Waals surface area contributed by atoms with Crippen LogP contribution in [0, 0.1) is 11.8 Å². The van der Waals surface area contributed by atoms with Gasteiger partial charge in [0.25, 0.3) is 0 Å². The first-order chi connectivity index (χ1) is 3.46. The lowest BCUT2D eigenvalue weighted by molar-refractivity contribution is 0.736. The van der Waals surface area contributed by atoms with Gasteiger partial charge in [0.1, 0.15) is 0 Å². The number of hydrogen-bond acceptors (Lipinski definition) is 0. The van der Waals surface area contributed by atoms with Crippen molar-refractivity contribution in [1.29, 1.82) is 0 Å². The van der Waals surface area contributed by atoms with Crippen LogP contribution in [0.5, 0.6) is 0 Å². The van der Waals surface area contributed by atoms with Crippen molar-refractivity contribution < 1.29 is 0 Å². The van der Waals surface area contributed by atoms with Crippen LogP contribution in [0.4, 0.5) is 0 Å². The highest BCUT2D eigenvalue weighted by atomic mass is 13.7. The van der Waals surface area contributed by atoms with Crippen molar-refractivity contribution in [2.75, 3.05) is 0 Å². The maximum atomic E-state index is 2.17. The van der Waals surface area contributed by atoms with Crippen molar-refractivity contribution in [2.45, 2.75) is 56.4 Å². The molecule has 0 spiro atoms. The van der Waals surface area contributed by atoms with Crippen molar-refractivity contribution in [1.82, 2.24) is 0 Å². The third-order valence-corrected chi connectivity index (χ3v) is 0. The van der Waals surface area contributed by atoms with Crippen molar-refractivity contribution in [3.63, 3.8) is 0 Å². The molecule has 0 aromatic rings. The largest absolute Gasteiger partial charge is 0.0776 e. The second-order valence-electron chi connectivity index (χ2n) is 3.46. The molecule has 0 fully saturated rings. The predicted molar refractivity (Wildman–Crippen MR) is 54.5 cm³/mol. The summed E-state index contributed by atoms with van der Waals surface area (Å²) >= 11 is 0. The predicted octanol–water partition coefficient (Wildman–Crippen LogP) is 4.60. The Morgan fingerprint density at radius 2 is 0.500 bits per heavy atom. The summed E-state index contributed by atoms with van der Waals surface area (Å²) in [6.07, 6.45) is 0. The summed E-state index contributed by atoms with van der Waals surface area (Å²) in [5.41, 5.74) is 0. The maximum absolute atomic E-state index is 2.17. The van der Waals surface area contributed by atoms with E-state index in [1.807, 2.05) is 0 Å². The Bertz CT molecular complexity index is 15.5. The SMILES string of the molecule is C.C.CC(C)C.CC(C)C. The Balaban J connectivity index is -0.0000000300. The molecule has 0 aliphatic carbocycles. The first kappa shape index (κ1) is 22.5. The van der Waals surface area contributed by atoms with E-state index >= 15 is 0 Å². The van der Waals surface area contributed by atoms with Gasteiger partial charge in [0.15, 0.2) is 0 Å². The van der Waals surface area contributed by atoms with E-state index in [4.69, 9.17) is 0 Å². The Kier molecular flexibility index (Phi) is 36.0. The van der Waals surface area contributed by atoms with E-state index in [0.29, 0.717) is 0 Å². The fourth-order valence-corrected chi connectivity index (χ4v) is 0. The van der Waals surface area contributed by atoms with E-state index in [2.05, 4.69) is 41.5 Å². The molecule has 0 heteroatoms. The summed E-state index contributed by atoms with van der Waals surface area (Å²) in [6, 6.07) is 0. The van der Waals surface area contributed by atoms with Crippen LogP contribution in [0.15, 0.2) is 0 Å². The zero-order valence-corrected chi connectivity index (χ0v) is 7.15. The lowest BCUT2D eigenvalue weighted by Crippen LogP contribution is -1.66. The lowest BCUT2D eigenvalue weighted by atomic mass is 10.3. The van der Waals surface area contributed by atoms with Crippen molar-refractivity contribution in [3.05, 3.63) is 0 Å². The third kappa shape index (κ3) is 0. The molecule has 0 unspecified atom stereocenters. The van der Waals surface area contributed by atoms with Gasteiger partial charge in [-0.1, -0.05) is 56.4 Å². The number of hydrogen-bond donors (Lipinski definition) is 0. The van der Waals surface area contributed by atoms with Crippen LogP contribution in [-0.4, -0.2) is 0 Å². The minimum Gasteiger partial charge on any atom is -0.0776 e. The van der Waals surface area contributed by atoms with E-state index in [-0.39, 0.29) is 14.9 Å². The topological polar surface area (TPSA) is 0 Å². The Labute approximate surface area is 69.0 Å². The van der Waals surface area contributed by atoms with Gasteiger partial charge in [-0.3, -0.25) is 0 Å². The Morgan fingerprint density at radius 1 is 0.500 bits per heavy atom. The van der Waals surface area contributed by atoms with Crippen LogP contribution in [0.3, 0.4) is 0 Å². The molecule has 0 nitrogen and oxygen atoms in total. The fraction of sp³-hybridized carbons (Fsp3) is 1.00. The van der Waals surface area contributed by atoms with Crippen LogP contribution in [0.25, 0.3) is 0 Å². The van der Waals surface area contributed by atoms with Crippen LogP contribution in [-0.2, 0) is 0 Å². The molecule has 0 aliphatic rings. The smallest absolute Gasteiger partial charge is 0.0500 e. The molecule has 0 radical (unpaired) electrons. The summed E-state index contributed by atoms with van der Waals surface area (Å²) in [5.74, 6) is 1.67. The summed E-state index contributed by atoms with van der Waals surface area (Å²) in [5, 5.41) is 0. The molecule has 0 heterocycles. The molecular weight excluding hydrogens is 120 g/mol. The Hall–Kier alpha value is 0. The van der Waals surface area contributed by atoms with E-state index < -0.39 is 0 Å². The maximum Gasteiger partial charge on any atom is -0.0500 e. The average molecular weight is 148 g/mol. The zero-order chi connectivity index (χ0) is 7.15. The third-order valence-electron chi connectivity index (χ3n) is 0. The van der Waals surface area contributed by atoms with E-state index in [0.717, 1.165) is 11.8 Å². The molecule has 0 saturated heterocycles. The van der Waals surface area contributed by atoms with Gasteiger partial charge in [0.05, 0.1) is 0 Å². The molecular formula is C10H28. The van der Waals surface area contributed by atoms with Gasteiger partial charge >= 0.3 is 0 Å². The van der Waals surface area contributed by atoms with Crippen LogP contribution < -0.4 is 0 Å². The van der Waals surface area contributed by atoms with E-state index in [9.17, 15) is 0 Å². The summed E-state index contributed by atoms with van der Waals surface area (Å²) in [7, 11) is 0. The molecule has 0 N–H and O–H groups in total. The van der Waals surface area contributed by atoms with Crippen LogP contribution in [0.1, 0.15) is 56.4 Å². The molecule has 0 aromatic carbocycles. The minimum absolute atomic E-state index is 0. The Morgan fingerprint density at radius 3 is 0.500 bits per heavy atom. The molecule has 0 amide bonds. The summed E-state index contributed by atoms with van der Waals surface area (Å²) < 4.78 is 0. The average Bonchev–Trinajstić information content (AvgIpc) is 1.25. The first-order valence-electron chi connectivity index (χ1n) is 3.46. The van der Waals surface area contributed by atoms with Gasteiger partial charge in [0.2, 0.25) is 0 Å². The van der Waals surface area contributed by atoms with Gasteiger partial charge in [-0.25, -0.2) is 0 Å². The van der Waals surface area contributed by atoms with E-state index in [1.165, 1.54) is 0 Å². The second-order valence-corrected chi connectivity index (χ2v) is 3.46. The second kappa shape index (κ2) is 16.0. The lowest BCUT2D eigenvalue weighted by Gasteiger charge is -1.79. The van der Waals surface area contributed by atoms with Crippen molar-refractivity contribution >= 4 is 0 Å². The molecule has 0 bridgehead atoms. The minimum atomic E-state index is 0. The zero-order valence-electron chi connectivity index (χ0n) is 7.15. The molecule has 0 atom stereocenters. The van der Waals surface area contributed by atoms with Gasteiger partial charge in [-0.15, -0.1) is 0 Å². The van der Waals surface area contributed by atoms with Crippen molar-refractivity contribution in [3.8, 4) is 0 Å².